The highest BCUT2D eigenvalue weighted by Gasteiger charge is 2.71. The molecule has 2 rings (SSSR count). The first kappa shape index (κ1) is 20.0. The van der Waals surface area contributed by atoms with Crippen LogP contribution in [0.3, 0.4) is 0 Å². The van der Waals surface area contributed by atoms with Crippen LogP contribution in [-0.4, -0.2) is 40.9 Å². The summed E-state index contributed by atoms with van der Waals surface area (Å²) in [6.07, 6.45) is -11.2. The minimum absolute atomic E-state index is 0.0154. The molecule has 1 atom stereocenters. The molecule has 1 unspecified atom stereocenters. The van der Waals surface area contributed by atoms with Crippen molar-refractivity contribution in [3.8, 4) is 0 Å². The SMILES string of the molecule is CC(C)C1N=C/C(=N/O)N1c1ccc(C(O)(C(F)(F)F)C(F)(F)F)cc1. The summed E-state index contributed by atoms with van der Waals surface area (Å²) in [5.74, 6) is -0.106. The number of halogens is 6. The van der Waals surface area contributed by atoms with E-state index in [1.807, 2.05) is 0 Å². The molecule has 0 amide bonds. The van der Waals surface area contributed by atoms with Crippen LogP contribution in [0.15, 0.2) is 34.4 Å². The number of amidine groups is 1. The maximum Gasteiger partial charge on any atom is 0.430 e. The molecule has 0 saturated heterocycles. The van der Waals surface area contributed by atoms with Crippen molar-refractivity contribution >= 4 is 17.7 Å². The predicted molar refractivity (Wildman–Crippen MR) is 81.3 cm³/mol. The lowest BCUT2D eigenvalue weighted by Gasteiger charge is -2.33. The van der Waals surface area contributed by atoms with E-state index in [-0.39, 0.29) is 17.4 Å². The minimum Gasteiger partial charge on any atom is -0.409 e. The predicted octanol–water partition coefficient (Wildman–Crippen LogP) is 3.66. The molecular weight excluding hydrogens is 368 g/mol. The van der Waals surface area contributed by atoms with Crippen LogP contribution in [0.4, 0.5) is 32.0 Å². The van der Waals surface area contributed by atoms with Gasteiger partial charge >= 0.3 is 12.4 Å². The number of anilines is 1. The normalized spacial score (nSPS) is 20.5. The van der Waals surface area contributed by atoms with Crippen molar-refractivity contribution in [2.45, 2.75) is 38.0 Å². The lowest BCUT2D eigenvalue weighted by Crippen LogP contribution is -2.53. The lowest BCUT2D eigenvalue weighted by atomic mass is 9.92. The van der Waals surface area contributed by atoms with E-state index in [1.54, 1.807) is 13.8 Å². The molecule has 0 bridgehead atoms. The van der Waals surface area contributed by atoms with Gasteiger partial charge in [0, 0.05) is 11.3 Å². The minimum atomic E-state index is -5.96. The molecule has 5 nitrogen and oxygen atoms in total. The third-order valence-electron chi connectivity index (χ3n) is 3.94. The van der Waals surface area contributed by atoms with Crippen LogP contribution in [0.1, 0.15) is 19.4 Å². The van der Waals surface area contributed by atoms with Crippen molar-refractivity contribution in [3.63, 3.8) is 0 Å². The van der Waals surface area contributed by atoms with Gasteiger partial charge in [-0.2, -0.15) is 26.3 Å². The first-order chi connectivity index (χ1) is 11.8. The third-order valence-corrected chi connectivity index (χ3v) is 3.94. The molecule has 1 aromatic rings. The van der Waals surface area contributed by atoms with Crippen molar-refractivity contribution in [3.05, 3.63) is 29.8 Å². The number of aliphatic imine (C=N–C) groups is 1. The monoisotopic (exact) mass is 383 g/mol. The van der Waals surface area contributed by atoms with Gasteiger partial charge < -0.3 is 10.3 Å². The fourth-order valence-corrected chi connectivity index (χ4v) is 2.59. The Balaban J connectivity index is 2.48. The van der Waals surface area contributed by atoms with Crippen LogP contribution in [0.5, 0.6) is 0 Å². The molecule has 1 aromatic carbocycles. The highest BCUT2D eigenvalue weighted by molar-refractivity contribution is 6.37. The molecule has 0 spiro atoms. The second-order valence-electron chi connectivity index (χ2n) is 6.02. The molecule has 0 fully saturated rings. The molecule has 0 aromatic heterocycles. The highest BCUT2D eigenvalue weighted by Crippen LogP contribution is 2.50. The standard InChI is InChI=1S/C15H15F6N3O2/c1-8(2)12-22-7-11(23-26)24(12)10-5-3-9(4-6-10)13(25,14(16,17)18)15(19,20)21/h3-8,12,25-26H,1-2H3/b23-11-. The van der Waals surface area contributed by atoms with Gasteiger partial charge in [0.25, 0.3) is 5.60 Å². The Morgan fingerprint density at radius 3 is 1.92 bits per heavy atom. The zero-order valence-corrected chi connectivity index (χ0v) is 13.5. The lowest BCUT2D eigenvalue weighted by molar-refractivity contribution is -0.376. The number of hydrogen-bond acceptors (Lipinski definition) is 4. The van der Waals surface area contributed by atoms with Gasteiger partial charge in [0.1, 0.15) is 6.17 Å². The Hall–Kier alpha value is -2.30. The largest absolute Gasteiger partial charge is 0.430 e. The number of aliphatic hydroxyl groups is 1. The van der Waals surface area contributed by atoms with Gasteiger partial charge in [-0.15, -0.1) is 0 Å². The quantitative estimate of drug-likeness (QED) is 0.476. The maximum absolute atomic E-state index is 12.9. The van der Waals surface area contributed by atoms with Gasteiger partial charge in [-0.1, -0.05) is 31.1 Å². The molecule has 0 radical (unpaired) electrons. The molecule has 1 aliphatic rings. The van der Waals surface area contributed by atoms with E-state index in [9.17, 15) is 31.4 Å². The summed E-state index contributed by atoms with van der Waals surface area (Å²) in [6, 6.07) is 2.99. The summed E-state index contributed by atoms with van der Waals surface area (Å²) in [7, 11) is 0. The molecule has 0 saturated carbocycles. The Kier molecular flexibility index (Phi) is 4.97. The van der Waals surface area contributed by atoms with Crippen molar-refractivity contribution in [2.24, 2.45) is 16.1 Å². The summed E-state index contributed by atoms with van der Waals surface area (Å²) in [5.41, 5.74) is -6.21. The topological polar surface area (TPSA) is 68.4 Å². The third kappa shape index (κ3) is 3.11. The fourth-order valence-electron chi connectivity index (χ4n) is 2.59. The maximum atomic E-state index is 12.9. The van der Waals surface area contributed by atoms with E-state index in [0.717, 1.165) is 12.1 Å². The van der Waals surface area contributed by atoms with Gasteiger partial charge in [-0.3, -0.25) is 9.89 Å². The average molecular weight is 383 g/mol. The molecule has 11 heteroatoms. The molecule has 144 valence electrons. The van der Waals surface area contributed by atoms with Crippen molar-refractivity contribution < 1.29 is 36.7 Å². The van der Waals surface area contributed by atoms with Crippen LogP contribution in [-0.2, 0) is 5.60 Å². The Morgan fingerprint density at radius 2 is 1.54 bits per heavy atom. The summed E-state index contributed by atoms with van der Waals surface area (Å²) in [4.78, 5) is 5.45. The van der Waals surface area contributed by atoms with Crippen molar-refractivity contribution in [2.75, 3.05) is 4.90 Å². The van der Waals surface area contributed by atoms with E-state index in [4.69, 9.17) is 5.21 Å². The molecule has 1 aliphatic heterocycles. The molecular formula is C15H15F6N3O2. The van der Waals surface area contributed by atoms with Crippen LogP contribution in [0.25, 0.3) is 0 Å². The van der Waals surface area contributed by atoms with Gasteiger partial charge in [0.15, 0.2) is 5.84 Å². The Bertz CT molecular complexity index is 696. The van der Waals surface area contributed by atoms with Crippen molar-refractivity contribution in [1.82, 2.24) is 0 Å². The van der Waals surface area contributed by atoms with E-state index < -0.39 is 29.7 Å². The second kappa shape index (κ2) is 6.45. The van der Waals surface area contributed by atoms with E-state index in [0.29, 0.717) is 12.1 Å². The van der Waals surface area contributed by atoms with E-state index >= 15 is 0 Å². The smallest absolute Gasteiger partial charge is 0.409 e. The van der Waals surface area contributed by atoms with Gasteiger partial charge in [-0.25, -0.2) is 0 Å². The zero-order valence-electron chi connectivity index (χ0n) is 13.5. The van der Waals surface area contributed by atoms with E-state index in [2.05, 4.69) is 10.1 Å². The summed E-state index contributed by atoms with van der Waals surface area (Å²) < 4.78 is 77.5. The van der Waals surface area contributed by atoms with Crippen LogP contribution in [0, 0.1) is 5.92 Å². The van der Waals surface area contributed by atoms with Gasteiger partial charge in [0.2, 0.25) is 0 Å². The second-order valence-corrected chi connectivity index (χ2v) is 6.02. The number of rotatable bonds is 3. The van der Waals surface area contributed by atoms with Gasteiger partial charge in [-0.05, 0) is 18.1 Å². The zero-order chi connectivity index (χ0) is 19.9. The number of alkyl halides is 6. The van der Waals surface area contributed by atoms with E-state index in [1.165, 1.54) is 11.1 Å². The summed E-state index contributed by atoms with van der Waals surface area (Å²) in [5, 5.41) is 21.4. The number of hydrogen-bond donors (Lipinski definition) is 2. The Morgan fingerprint density at radius 1 is 1.04 bits per heavy atom. The number of oxime groups is 1. The van der Waals surface area contributed by atoms with Crippen LogP contribution < -0.4 is 4.90 Å². The van der Waals surface area contributed by atoms with Crippen LogP contribution >= 0.6 is 0 Å². The molecule has 0 aliphatic carbocycles. The van der Waals surface area contributed by atoms with Crippen molar-refractivity contribution in [1.29, 1.82) is 0 Å². The number of nitrogens with zero attached hydrogens (tertiary/aromatic N) is 3. The molecule has 2 N–H and O–H groups in total. The molecule has 26 heavy (non-hydrogen) atoms. The van der Waals surface area contributed by atoms with Gasteiger partial charge in [0.05, 0.1) is 6.21 Å². The summed E-state index contributed by atoms with van der Waals surface area (Å²) >= 11 is 0. The number of benzene rings is 1. The first-order valence-corrected chi connectivity index (χ1v) is 7.35. The average Bonchev–Trinajstić information content (AvgIpc) is 2.96. The highest BCUT2D eigenvalue weighted by atomic mass is 19.4. The Labute approximate surface area is 144 Å². The summed E-state index contributed by atoms with van der Waals surface area (Å²) in [6.45, 7) is 3.57. The fraction of sp³-hybridized carbons (Fsp3) is 0.467. The first-order valence-electron chi connectivity index (χ1n) is 7.35. The molecule has 1 heterocycles. The van der Waals surface area contributed by atoms with Crippen LogP contribution in [0.2, 0.25) is 0 Å².